The minimum absolute atomic E-state index is 0.144. The number of nitrogen functional groups attached to an aromatic ring is 1. The van der Waals surface area contributed by atoms with Crippen LogP contribution in [0.2, 0.25) is 5.02 Å². The van der Waals surface area contributed by atoms with E-state index in [2.05, 4.69) is 35.7 Å². The molecule has 0 fully saturated rings. The van der Waals surface area contributed by atoms with Crippen LogP contribution in [0.1, 0.15) is 0 Å². The zero-order valence-electron chi connectivity index (χ0n) is 9.46. The second-order valence-corrected chi connectivity index (χ2v) is 4.09. The number of nitrogens with two attached hydrogens (primary N) is 1. The summed E-state index contributed by atoms with van der Waals surface area (Å²) in [6, 6.07) is 7.19. The lowest BCUT2D eigenvalue weighted by molar-refractivity contribution is 0.311. The van der Waals surface area contributed by atoms with E-state index in [9.17, 15) is 0 Å². The predicted octanol–water partition coefficient (Wildman–Crippen LogP) is 1.83. The standard InChI is InChI=1S/C10H8ClN7O/c11-6-3-1-5(2-4-6)7-9(15-18-14-7)13-10-8(12)16-19-17-10/h1-4H,(H2,12,16)(H2,13,14,15,17,18). The van der Waals surface area contributed by atoms with Crippen molar-refractivity contribution in [3.63, 3.8) is 0 Å². The lowest BCUT2D eigenvalue weighted by Gasteiger charge is -2.01. The Morgan fingerprint density at radius 3 is 2.58 bits per heavy atom. The molecule has 9 heteroatoms. The highest BCUT2D eigenvalue weighted by Gasteiger charge is 2.14. The molecule has 0 saturated carbocycles. The van der Waals surface area contributed by atoms with E-state index in [1.54, 1.807) is 12.1 Å². The lowest BCUT2D eigenvalue weighted by atomic mass is 10.1. The van der Waals surface area contributed by atoms with Gasteiger partial charge in [-0.1, -0.05) is 23.7 Å². The van der Waals surface area contributed by atoms with Crippen LogP contribution in [0.3, 0.4) is 0 Å². The summed E-state index contributed by atoms with van der Waals surface area (Å²) in [5.41, 5.74) is 7.01. The van der Waals surface area contributed by atoms with Crippen molar-refractivity contribution in [2.45, 2.75) is 0 Å². The van der Waals surface area contributed by atoms with Crippen molar-refractivity contribution in [1.29, 1.82) is 0 Å². The third-order valence-electron chi connectivity index (χ3n) is 2.42. The molecule has 1 aromatic carbocycles. The number of nitrogens with zero attached hydrogens (tertiary/aromatic N) is 4. The van der Waals surface area contributed by atoms with Gasteiger partial charge in [-0.05, 0) is 22.4 Å². The molecule has 0 unspecified atom stereocenters. The molecule has 0 aliphatic heterocycles. The number of hydrogen-bond donors (Lipinski definition) is 3. The van der Waals surface area contributed by atoms with Crippen molar-refractivity contribution in [1.82, 2.24) is 25.7 Å². The Hall–Kier alpha value is -2.61. The van der Waals surface area contributed by atoms with Gasteiger partial charge < -0.3 is 11.1 Å². The van der Waals surface area contributed by atoms with E-state index in [-0.39, 0.29) is 11.6 Å². The first-order valence-corrected chi connectivity index (χ1v) is 5.63. The first kappa shape index (κ1) is 11.5. The van der Waals surface area contributed by atoms with Crippen LogP contribution >= 0.6 is 11.6 Å². The number of aromatic amines is 1. The molecule has 0 aliphatic rings. The first-order valence-electron chi connectivity index (χ1n) is 5.26. The van der Waals surface area contributed by atoms with Crippen LogP contribution in [0.4, 0.5) is 17.5 Å². The van der Waals surface area contributed by atoms with Gasteiger partial charge in [-0.15, -0.1) is 5.10 Å². The summed E-state index contributed by atoms with van der Waals surface area (Å²) < 4.78 is 4.49. The minimum Gasteiger partial charge on any atom is -0.378 e. The van der Waals surface area contributed by atoms with Crippen molar-refractivity contribution >= 4 is 29.1 Å². The van der Waals surface area contributed by atoms with E-state index in [4.69, 9.17) is 17.3 Å². The fourth-order valence-electron chi connectivity index (χ4n) is 1.52. The van der Waals surface area contributed by atoms with E-state index in [0.29, 0.717) is 16.5 Å². The Labute approximate surface area is 111 Å². The highest BCUT2D eigenvalue weighted by atomic mass is 35.5. The van der Waals surface area contributed by atoms with E-state index >= 15 is 0 Å². The minimum atomic E-state index is 0.144. The summed E-state index contributed by atoms with van der Waals surface area (Å²) in [7, 11) is 0. The Kier molecular flexibility index (Phi) is 2.76. The molecule has 0 bridgehead atoms. The predicted molar refractivity (Wildman–Crippen MR) is 68.8 cm³/mol. The number of aromatic nitrogens is 5. The second kappa shape index (κ2) is 4.58. The van der Waals surface area contributed by atoms with Crippen molar-refractivity contribution in [3.05, 3.63) is 29.3 Å². The molecule has 0 radical (unpaired) electrons. The SMILES string of the molecule is Nc1nonc1Nc1n[nH]nc1-c1ccc(Cl)cc1. The summed E-state index contributed by atoms with van der Waals surface area (Å²) in [5.74, 6) is 0.888. The molecule has 2 heterocycles. The van der Waals surface area contributed by atoms with E-state index in [1.807, 2.05) is 12.1 Å². The summed E-state index contributed by atoms with van der Waals surface area (Å²) in [4.78, 5) is 0. The van der Waals surface area contributed by atoms with Gasteiger partial charge in [0.05, 0.1) is 0 Å². The number of benzene rings is 1. The smallest absolute Gasteiger partial charge is 0.220 e. The van der Waals surface area contributed by atoms with Gasteiger partial charge >= 0.3 is 0 Å². The molecular weight excluding hydrogens is 270 g/mol. The van der Waals surface area contributed by atoms with Crippen LogP contribution < -0.4 is 11.1 Å². The van der Waals surface area contributed by atoms with Gasteiger partial charge in [0.15, 0.2) is 5.82 Å². The Balaban J connectivity index is 1.94. The molecule has 3 rings (SSSR count). The fourth-order valence-corrected chi connectivity index (χ4v) is 1.65. The van der Waals surface area contributed by atoms with Crippen molar-refractivity contribution in [2.24, 2.45) is 0 Å². The number of H-pyrrole nitrogens is 1. The van der Waals surface area contributed by atoms with E-state index in [1.165, 1.54) is 0 Å². The van der Waals surface area contributed by atoms with Crippen LogP contribution in [-0.2, 0) is 0 Å². The van der Waals surface area contributed by atoms with Gasteiger partial charge in [0, 0.05) is 10.6 Å². The highest BCUT2D eigenvalue weighted by Crippen LogP contribution is 2.27. The topological polar surface area (TPSA) is 119 Å². The maximum Gasteiger partial charge on any atom is 0.220 e. The molecule has 3 aromatic rings. The normalized spacial score (nSPS) is 10.6. The number of hydrogen-bond acceptors (Lipinski definition) is 7. The third-order valence-corrected chi connectivity index (χ3v) is 2.67. The first-order chi connectivity index (χ1) is 9.24. The van der Waals surface area contributed by atoms with Gasteiger partial charge in [0.2, 0.25) is 11.6 Å². The van der Waals surface area contributed by atoms with Crippen LogP contribution in [0, 0.1) is 0 Å². The number of halogens is 1. The second-order valence-electron chi connectivity index (χ2n) is 3.65. The Bertz CT molecular complexity index is 690. The molecule has 19 heavy (non-hydrogen) atoms. The van der Waals surface area contributed by atoms with Crippen LogP contribution in [0.15, 0.2) is 28.9 Å². The molecule has 8 nitrogen and oxygen atoms in total. The molecule has 0 spiro atoms. The van der Waals surface area contributed by atoms with Crippen LogP contribution in [-0.4, -0.2) is 25.7 Å². The zero-order chi connectivity index (χ0) is 13.2. The van der Waals surface area contributed by atoms with Gasteiger partial charge in [0.1, 0.15) is 5.69 Å². The molecule has 0 aliphatic carbocycles. The van der Waals surface area contributed by atoms with Crippen molar-refractivity contribution in [3.8, 4) is 11.3 Å². The monoisotopic (exact) mass is 277 g/mol. The summed E-state index contributed by atoms with van der Waals surface area (Å²) in [6.45, 7) is 0. The number of nitrogens with one attached hydrogen (secondary N) is 2. The lowest BCUT2D eigenvalue weighted by Crippen LogP contribution is -1.97. The fraction of sp³-hybridized carbons (Fsp3) is 0. The molecule has 2 aromatic heterocycles. The van der Waals surface area contributed by atoms with Crippen LogP contribution in [0.5, 0.6) is 0 Å². The molecule has 96 valence electrons. The number of rotatable bonds is 3. The average Bonchev–Trinajstić information content (AvgIpc) is 3.01. The Morgan fingerprint density at radius 1 is 1.11 bits per heavy atom. The van der Waals surface area contributed by atoms with Gasteiger partial charge in [-0.25, -0.2) is 4.63 Å². The molecule has 0 amide bonds. The zero-order valence-corrected chi connectivity index (χ0v) is 10.2. The molecule has 0 atom stereocenters. The van der Waals surface area contributed by atoms with Crippen molar-refractivity contribution < 1.29 is 4.63 Å². The van der Waals surface area contributed by atoms with E-state index in [0.717, 1.165) is 5.56 Å². The maximum atomic E-state index is 5.84. The van der Waals surface area contributed by atoms with E-state index < -0.39 is 0 Å². The highest BCUT2D eigenvalue weighted by molar-refractivity contribution is 6.30. The van der Waals surface area contributed by atoms with Crippen LogP contribution in [0.25, 0.3) is 11.3 Å². The third kappa shape index (κ3) is 2.20. The molecular formula is C10H8ClN7O. The summed E-state index contributed by atoms with van der Waals surface area (Å²) in [6.07, 6.45) is 0. The van der Waals surface area contributed by atoms with Gasteiger partial charge in [0.25, 0.3) is 0 Å². The largest absolute Gasteiger partial charge is 0.378 e. The molecule has 0 saturated heterocycles. The average molecular weight is 278 g/mol. The Morgan fingerprint density at radius 2 is 1.89 bits per heavy atom. The van der Waals surface area contributed by atoms with Crippen molar-refractivity contribution in [2.75, 3.05) is 11.1 Å². The van der Waals surface area contributed by atoms with Gasteiger partial charge in [-0.3, -0.25) is 0 Å². The molecule has 4 N–H and O–H groups in total. The summed E-state index contributed by atoms with van der Waals surface area (Å²) >= 11 is 5.84. The quantitative estimate of drug-likeness (QED) is 0.668. The summed E-state index contributed by atoms with van der Waals surface area (Å²) in [5, 5.41) is 21.2. The maximum absolute atomic E-state index is 5.84. The van der Waals surface area contributed by atoms with Gasteiger partial charge in [-0.2, -0.15) is 10.3 Å². The number of anilines is 3.